The number of rotatable bonds is 1. The van der Waals surface area contributed by atoms with Gasteiger partial charge in [-0.2, -0.15) is 0 Å². The van der Waals surface area contributed by atoms with E-state index >= 15 is 0 Å². The molecule has 1 unspecified atom stereocenters. The van der Waals surface area contributed by atoms with E-state index in [1.165, 1.54) is 6.07 Å². The second-order valence-electron chi connectivity index (χ2n) is 2.79. The Hall–Kier alpha value is -0.900. The Bertz CT molecular complexity index is 353. The summed E-state index contributed by atoms with van der Waals surface area (Å²) < 4.78 is 13.9. The van der Waals surface area contributed by atoms with Gasteiger partial charge in [-0.25, -0.2) is 4.39 Å². The molecule has 1 aliphatic rings. The summed E-state index contributed by atoms with van der Waals surface area (Å²) in [4.78, 5) is 5.03. The molecule has 0 saturated heterocycles. The highest BCUT2D eigenvalue weighted by Crippen LogP contribution is 2.30. The molecule has 0 aliphatic carbocycles. The lowest BCUT2D eigenvalue weighted by atomic mass is 10.1. The molecule has 0 aromatic heterocycles. The number of halogens is 2. The fourth-order valence-corrected chi connectivity index (χ4v) is 1.63. The Morgan fingerprint density at radius 2 is 2.23 bits per heavy atom. The van der Waals surface area contributed by atoms with E-state index in [4.69, 9.17) is 4.84 Å². The zero-order valence-corrected chi connectivity index (χ0v) is 8.29. The topological polar surface area (TPSA) is 21.6 Å². The van der Waals surface area contributed by atoms with Crippen LogP contribution >= 0.6 is 15.9 Å². The van der Waals surface area contributed by atoms with Crippen molar-refractivity contribution in [2.75, 3.05) is 0 Å². The maximum absolute atomic E-state index is 13.2. The van der Waals surface area contributed by atoms with Gasteiger partial charge in [0.15, 0.2) is 6.10 Å². The molecule has 1 atom stereocenters. The van der Waals surface area contributed by atoms with Crippen LogP contribution in [0.4, 0.5) is 4.39 Å². The maximum Gasteiger partial charge on any atom is 0.161 e. The molecule has 0 N–H and O–H groups in total. The van der Waals surface area contributed by atoms with Crippen LogP contribution in [0, 0.1) is 5.82 Å². The molecule has 0 spiro atoms. The largest absolute Gasteiger partial charge is 0.386 e. The molecule has 13 heavy (non-hydrogen) atoms. The Balaban J connectivity index is 2.23. The summed E-state index contributed by atoms with van der Waals surface area (Å²) in [6.07, 6.45) is 0.316. The van der Waals surface area contributed by atoms with Gasteiger partial charge in [0, 0.05) is 12.0 Å². The third-order valence-electron chi connectivity index (χ3n) is 1.88. The van der Waals surface area contributed by atoms with Gasteiger partial charge in [-0.15, -0.1) is 0 Å². The zero-order chi connectivity index (χ0) is 9.26. The van der Waals surface area contributed by atoms with Gasteiger partial charge in [-0.1, -0.05) is 23.4 Å². The number of nitrogens with zero attached hydrogens (tertiary/aromatic N) is 1. The van der Waals surface area contributed by atoms with Crippen LogP contribution in [0.5, 0.6) is 0 Å². The van der Waals surface area contributed by atoms with Crippen molar-refractivity contribution < 1.29 is 9.23 Å². The highest BCUT2D eigenvalue weighted by Gasteiger charge is 2.23. The van der Waals surface area contributed by atoms with E-state index in [2.05, 4.69) is 21.1 Å². The van der Waals surface area contributed by atoms with Gasteiger partial charge < -0.3 is 4.84 Å². The second kappa shape index (κ2) is 3.46. The molecule has 1 aromatic rings. The molecule has 1 aliphatic heterocycles. The molecular formula is C9H7BrFNO. The van der Waals surface area contributed by atoms with Gasteiger partial charge in [0.1, 0.15) is 10.4 Å². The average molecular weight is 244 g/mol. The number of hydrogen-bond acceptors (Lipinski definition) is 2. The van der Waals surface area contributed by atoms with Crippen LogP contribution < -0.4 is 0 Å². The Kier molecular flexibility index (Phi) is 2.31. The maximum atomic E-state index is 13.2. The summed E-state index contributed by atoms with van der Waals surface area (Å²) in [5.41, 5.74) is 0.556. The zero-order valence-electron chi connectivity index (χ0n) is 6.71. The third-order valence-corrected chi connectivity index (χ3v) is 2.35. The minimum atomic E-state index is -0.282. The van der Waals surface area contributed by atoms with Gasteiger partial charge in [0.2, 0.25) is 0 Å². The van der Waals surface area contributed by atoms with Crippen molar-refractivity contribution in [3.8, 4) is 0 Å². The quantitative estimate of drug-likeness (QED) is 0.744. The number of hydrogen-bond donors (Lipinski definition) is 0. The smallest absolute Gasteiger partial charge is 0.161 e. The molecule has 2 rings (SSSR count). The van der Waals surface area contributed by atoms with Crippen LogP contribution in [0.15, 0.2) is 29.4 Å². The van der Waals surface area contributed by atoms with E-state index in [-0.39, 0.29) is 11.9 Å². The molecule has 0 saturated carbocycles. The fraction of sp³-hybridized carbons (Fsp3) is 0.222. The lowest BCUT2D eigenvalue weighted by Gasteiger charge is -2.08. The molecular weight excluding hydrogens is 237 g/mol. The first kappa shape index (κ1) is 8.69. The summed E-state index contributed by atoms with van der Waals surface area (Å²) in [5.74, 6) is -0.245. The highest BCUT2D eigenvalue weighted by molar-refractivity contribution is 9.18. The molecule has 1 heterocycles. The van der Waals surface area contributed by atoms with Gasteiger partial charge in [0.05, 0.1) is 0 Å². The summed E-state index contributed by atoms with van der Waals surface area (Å²) in [6, 6.07) is 6.57. The summed E-state index contributed by atoms with van der Waals surface area (Å²) in [7, 11) is 0. The highest BCUT2D eigenvalue weighted by atomic mass is 79.9. The lowest BCUT2D eigenvalue weighted by Crippen LogP contribution is -1.99. The number of oxime groups is 1. The van der Waals surface area contributed by atoms with Gasteiger partial charge >= 0.3 is 0 Å². The molecule has 1 aromatic carbocycles. The predicted molar refractivity (Wildman–Crippen MR) is 51.2 cm³/mol. The first-order chi connectivity index (χ1) is 6.27. The Labute approximate surface area is 83.5 Å². The standard InChI is InChI=1S/C9H7BrFNO/c10-9-5-8(13-12-9)6-3-1-2-4-7(6)11/h1-4,8H,5H2. The minimum Gasteiger partial charge on any atom is -0.386 e. The molecule has 68 valence electrons. The van der Waals surface area contributed by atoms with Gasteiger partial charge in [-0.3, -0.25) is 0 Å². The third kappa shape index (κ3) is 1.72. The molecule has 0 fully saturated rings. The van der Waals surface area contributed by atoms with Crippen LogP contribution in [0.25, 0.3) is 0 Å². The van der Waals surface area contributed by atoms with E-state index in [9.17, 15) is 4.39 Å². The molecule has 0 amide bonds. The number of benzene rings is 1. The van der Waals surface area contributed by atoms with E-state index in [1.807, 2.05) is 0 Å². The van der Waals surface area contributed by atoms with Crippen molar-refractivity contribution in [2.45, 2.75) is 12.5 Å². The van der Waals surface area contributed by atoms with E-state index in [1.54, 1.807) is 18.2 Å². The van der Waals surface area contributed by atoms with Crippen LogP contribution in [-0.4, -0.2) is 4.62 Å². The van der Waals surface area contributed by atoms with E-state index in [0.717, 1.165) is 4.62 Å². The first-order valence-electron chi connectivity index (χ1n) is 3.90. The summed E-state index contributed by atoms with van der Waals surface area (Å²) in [6.45, 7) is 0. The second-order valence-corrected chi connectivity index (χ2v) is 3.70. The average Bonchev–Trinajstić information content (AvgIpc) is 2.53. The Morgan fingerprint density at radius 1 is 1.46 bits per heavy atom. The predicted octanol–water partition coefficient (Wildman–Crippen LogP) is 3.00. The summed E-state index contributed by atoms with van der Waals surface area (Å²) in [5, 5.41) is 3.70. The molecule has 2 nitrogen and oxygen atoms in total. The van der Waals surface area contributed by atoms with Crippen LogP contribution in [0.1, 0.15) is 18.1 Å². The first-order valence-corrected chi connectivity index (χ1v) is 4.69. The molecule has 4 heteroatoms. The van der Waals surface area contributed by atoms with Crippen molar-refractivity contribution >= 4 is 20.6 Å². The van der Waals surface area contributed by atoms with Crippen LogP contribution in [-0.2, 0) is 4.84 Å². The van der Waals surface area contributed by atoms with Gasteiger partial charge in [0.25, 0.3) is 0 Å². The molecule has 0 bridgehead atoms. The monoisotopic (exact) mass is 243 g/mol. The Morgan fingerprint density at radius 3 is 2.85 bits per heavy atom. The van der Waals surface area contributed by atoms with Crippen LogP contribution in [0.2, 0.25) is 0 Å². The van der Waals surface area contributed by atoms with Crippen molar-refractivity contribution in [1.29, 1.82) is 0 Å². The van der Waals surface area contributed by atoms with E-state index in [0.29, 0.717) is 12.0 Å². The normalized spacial score (nSPS) is 21.1. The minimum absolute atomic E-state index is 0.245. The molecule has 0 radical (unpaired) electrons. The van der Waals surface area contributed by atoms with Crippen molar-refractivity contribution in [1.82, 2.24) is 0 Å². The van der Waals surface area contributed by atoms with Crippen molar-refractivity contribution in [2.24, 2.45) is 5.16 Å². The van der Waals surface area contributed by atoms with Crippen molar-refractivity contribution in [3.05, 3.63) is 35.6 Å². The fourth-order valence-electron chi connectivity index (χ4n) is 1.25. The van der Waals surface area contributed by atoms with Crippen molar-refractivity contribution in [3.63, 3.8) is 0 Å². The lowest BCUT2D eigenvalue weighted by molar-refractivity contribution is 0.0830. The van der Waals surface area contributed by atoms with E-state index < -0.39 is 0 Å². The van der Waals surface area contributed by atoms with Crippen LogP contribution in [0.3, 0.4) is 0 Å². The summed E-state index contributed by atoms with van der Waals surface area (Å²) >= 11 is 3.20. The SMILES string of the molecule is Fc1ccccc1C1CC(Br)=NO1. The van der Waals surface area contributed by atoms with Gasteiger partial charge in [-0.05, 0) is 22.0 Å².